The van der Waals surface area contributed by atoms with Crippen molar-refractivity contribution in [2.24, 2.45) is 0 Å². The fraction of sp³-hybridized carbons (Fsp3) is 0.278. The molecule has 1 aliphatic carbocycles. The molecule has 0 bridgehead atoms. The van der Waals surface area contributed by atoms with Crippen molar-refractivity contribution in [3.63, 3.8) is 0 Å². The van der Waals surface area contributed by atoms with Crippen LogP contribution in [0.15, 0.2) is 47.4 Å². The Labute approximate surface area is 142 Å². The summed E-state index contributed by atoms with van der Waals surface area (Å²) < 4.78 is 25.7. The molecule has 0 unspecified atom stereocenters. The number of rotatable bonds is 4. The van der Waals surface area contributed by atoms with Gasteiger partial charge in [0.1, 0.15) is 0 Å². The van der Waals surface area contributed by atoms with Crippen LogP contribution < -0.4 is 10.0 Å². The van der Waals surface area contributed by atoms with E-state index >= 15 is 0 Å². The third-order valence-electron chi connectivity index (χ3n) is 4.38. The van der Waals surface area contributed by atoms with Crippen LogP contribution in [-0.2, 0) is 16.4 Å². The summed E-state index contributed by atoms with van der Waals surface area (Å²) in [4.78, 5) is 12.6. The van der Waals surface area contributed by atoms with E-state index in [1.165, 1.54) is 48.0 Å². The minimum absolute atomic E-state index is 0.00816. The summed E-state index contributed by atoms with van der Waals surface area (Å²) in [5, 5.41) is 3.04. The molecular formula is C18H20N2O3S. The molecule has 0 saturated carbocycles. The van der Waals surface area contributed by atoms with Gasteiger partial charge < -0.3 is 5.32 Å². The zero-order chi connectivity index (χ0) is 17.3. The highest BCUT2D eigenvalue weighted by Gasteiger charge is 2.24. The SMILES string of the molecule is CNS(=O)(=O)c1ccc(C(=O)N[C@@H]2CCc3cc(C)ccc32)cc1. The van der Waals surface area contributed by atoms with Gasteiger partial charge in [-0.1, -0.05) is 23.8 Å². The Kier molecular flexibility index (Phi) is 4.43. The second-order valence-corrected chi connectivity index (χ2v) is 7.89. The molecule has 0 aromatic heterocycles. The number of hydrogen-bond donors (Lipinski definition) is 2. The van der Waals surface area contributed by atoms with E-state index in [-0.39, 0.29) is 16.8 Å². The molecule has 126 valence electrons. The van der Waals surface area contributed by atoms with Gasteiger partial charge in [-0.25, -0.2) is 13.1 Å². The van der Waals surface area contributed by atoms with Crippen molar-refractivity contribution in [3.05, 3.63) is 64.7 Å². The van der Waals surface area contributed by atoms with Crippen molar-refractivity contribution in [2.75, 3.05) is 7.05 Å². The summed E-state index contributed by atoms with van der Waals surface area (Å²) in [6, 6.07) is 12.2. The van der Waals surface area contributed by atoms with Crippen LogP contribution in [0.1, 0.15) is 39.5 Å². The first-order chi connectivity index (χ1) is 11.4. The van der Waals surface area contributed by atoms with Crippen molar-refractivity contribution < 1.29 is 13.2 Å². The topological polar surface area (TPSA) is 75.3 Å². The Morgan fingerprint density at radius 3 is 2.50 bits per heavy atom. The summed E-state index contributed by atoms with van der Waals surface area (Å²) in [7, 11) is -2.13. The van der Waals surface area contributed by atoms with E-state index in [0.29, 0.717) is 5.56 Å². The van der Waals surface area contributed by atoms with Crippen molar-refractivity contribution in [3.8, 4) is 0 Å². The molecule has 0 spiro atoms. The van der Waals surface area contributed by atoms with Crippen molar-refractivity contribution in [2.45, 2.75) is 30.7 Å². The van der Waals surface area contributed by atoms with E-state index in [0.717, 1.165) is 12.8 Å². The van der Waals surface area contributed by atoms with Gasteiger partial charge in [-0.3, -0.25) is 4.79 Å². The van der Waals surface area contributed by atoms with Gasteiger partial charge in [0, 0.05) is 5.56 Å². The summed E-state index contributed by atoms with van der Waals surface area (Å²) in [6.45, 7) is 2.06. The van der Waals surface area contributed by atoms with E-state index in [9.17, 15) is 13.2 Å². The number of hydrogen-bond acceptors (Lipinski definition) is 3. The van der Waals surface area contributed by atoms with Crippen LogP contribution in [0.2, 0.25) is 0 Å². The van der Waals surface area contributed by atoms with Gasteiger partial charge in [0.15, 0.2) is 0 Å². The Hall–Kier alpha value is -2.18. The lowest BCUT2D eigenvalue weighted by molar-refractivity contribution is 0.0936. The molecule has 1 aliphatic rings. The normalized spacial score (nSPS) is 16.7. The minimum Gasteiger partial charge on any atom is -0.345 e. The van der Waals surface area contributed by atoms with Crippen LogP contribution in [0.4, 0.5) is 0 Å². The van der Waals surface area contributed by atoms with E-state index in [1.54, 1.807) is 0 Å². The highest BCUT2D eigenvalue weighted by Crippen LogP contribution is 2.31. The smallest absolute Gasteiger partial charge is 0.251 e. The van der Waals surface area contributed by atoms with Crippen LogP contribution in [0, 0.1) is 6.92 Å². The van der Waals surface area contributed by atoms with Gasteiger partial charge in [-0.2, -0.15) is 0 Å². The number of carbonyl (C=O) groups is 1. The summed E-state index contributed by atoms with van der Waals surface area (Å²) >= 11 is 0. The molecule has 24 heavy (non-hydrogen) atoms. The Morgan fingerprint density at radius 2 is 1.83 bits per heavy atom. The Bertz CT molecular complexity index is 874. The second-order valence-electron chi connectivity index (χ2n) is 6.00. The number of aryl methyl sites for hydroxylation is 2. The zero-order valence-electron chi connectivity index (χ0n) is 13.7. The number of benzene rings is 2. The Morgan fingerprint density at radius 1 is 1.12 bits per heavy atom. The summed E-state index contributed by atoms with van der Waals surface area (Å²) in [5.41, 5.74) is 4.13. The molecule has 0 heterocycles. The first kappa shape index (κ1) is 16.7. The first-order valence-corrected chi connectivity index (χ1v) is 9.33. The lowest BCUT2D eigenvalue weighted by atomic mass is 10.1. The van der Waals surface area contributed by atoms with Crippen LogP contribution in [0.25, 0.3) is 0 Å². The van der Waals surface area contributed by atoms with E-state index in [4.69, 9.17) is 0 Å². The number of carbonyl (C=O) groups excluding carboxylic acids is 1. The predicted molar refractivity (Wildman–Crippen MR) is 92.4 cm³/mol. The zero-order valence-corrected chi connectivity index (χ0v) is 14.5. The maximum absolute atomic E-state index is 12.4. The highest BCUT2D eigenvalue weighted by molar-refractivity contribution is 7.89. The lowest BCUT2D eigenvalue weighted by Crippen LogP contribution is -2.27. The molecule has 0 aliphatic heterocycles. The van der Waals surface area contributed by atoms with Gasteiger partial charge >= 0.3 is 0 Å². The van der Waals surface area contributed by atoms with Crippen molar-refractivity contribution in [1.82, 2.24) is 10.0 Å². The van der Waals surface area contributed by atoms with Crippen LogP contribution in [0.3, 0.4) is 0 Å². The van der Waals surface area contributed by atoms with Crippen LogP contribution >= 0.6 is 0 Å². The maximum atomic E-state index is 12.4. The largest absolute Gasteiger partial charge is 0.345 e. The Balaban J connectivity index is 1.75. The molecular weight excluding hydrogens is 324 g/mol. The van der Waals surface area contributed by atoms with E-state index in [1.807, 2.05) is 0 Å². The van der Waals surface area contributed by atoms with Crippen molar-refractivity contribution in [1.29, 1.82) is 0 Å². The molecule has 3 rings (SSSR count). The van der Waals surface area contributed by atoms with Gasteiger partial charge in [0.05, 0.1) is 10.9 Å². The second kappa shape index (κ2) is 6.37. The molecule has 5 nitrogen and oxygen atoms in total. The monoisotopic (exact) mass is 344 g/mol. The third kappa shape index (κ3) is 3.20. The lowest BCUT2D eigenvalue weighted by Gasteiger charge is -2.14. The number of amides is 1. The molecule has 6 heteroatoms. The molecule has 2 aromatic carbocycles. The van der Waals surface area contributed by atoms with Crippen LogP contribution in [0.5, 0.6) is 0 Å². The first-order valence-electron chi connectivity index (χ1n) is 7.84. The minimum atomic E-state index is -3.49. The third-order valence-corrected chi connectivity index (χ3v) is 5.81. The highest BCUT2D eigenvalue weighted by atomic mass is 32.2. The van der Waals surface area contributed by atoms with Gasteiger partial charge in [0.25, 0.3) is 5.91 Å². The van der Waals surface area contributed by atoms with Gasteiger partial charge in [-0.05, 0) is 62.2 Å². The van der Waals surface area contributed by atoms with Gasteiger partial charge in [-0.15, -0.1) is 0 Å². The molecule has 1 atom stereocenters. The average molecular weight is 344 g/mol. The molecule has 2 N–H and O–H groups in total. The molecule has 0 radical (unpaired) electrons. The van der Waals surface area contributed by atoms with Gasteiger partial charge in [0.2, 0.25) is 10.0 Å². The quantitative estimate of drug-likeness (QED) is 0.894. The van der Waals surface area contributed by atoms with E-state index in [2.05, 4.69) is 35.2 Å². The summed E-state index contributed by atoms with van der Waals surface area (Å²) in [6.07, 6.45) is 1.85. The number of sulfonamides is 1. The van der Waals surface area contributed by atoms with Crippen molar-refractivity contribution >= 4 is 15.9 Å². The molecule has 2 aromatic rings. The number of fused-ring (bicyclic) bond motifs is 1. The fourth-order valence-corrected chi connectivity index (χ4v) is 3.77. The average Bonchev–Trinajstić information content (AvgIpc) is 2.96. The van der Waals surface area contributed by atoms with E-state index < -0.39 is 10.0 Å². The number of nitrogens with one attached hydrogen (secondary N) is 2. The molecule has 1 amide bonds. The predicted octanol–water partition coefficient (Wildman–Crippen LogP) is 2.32. The maximum Gasteiger partial charge on any atom is 0.251 e. The fourth-order valence-electron chi connectivity index (χ4n) is 3.04. The van der Waals surface area contributed by atoms with Crippen LogP contribution in [-0.4, -0.2) is 21.4 Å². The molecule has 0 fully saturated rings. The summed E-state index contributed by atoms with van der Waals surface area (Å²) in [5.74, 6) is -0.193. The standard InChI is InChI=1S/C18H20N2O3S/c1-12-3-9-16-14(11-12)6-10-17(16)20-18(21)13-4-7-15(8-5-13)24(22,23)19-2/h3-5,7-9,11,17,19H,6,10H2,1-2H3,(H,20,21)/t17-/m1/s1. The molecule has 0 saturated heterocycles.